The van der Waals surface area contributed by atoms with Crippen LogP contribution >= 0.6 is 0 Å². The first kappa shape index (κ1) is 22.5. The fourth-order valence-corrected chi connectivity index (χ4v) is 4.07. The van der Waals surface area contributed by atoms with Crippen molar-refractivity contribution in [1.29, 1.82) is 0 Å². The SMILES string of the molecule is CC(=O)N1CCN(Cc2ccc(O)c(C(=O)/C=C/c3cccc(-c4ccccc4)c3)c2)CC1. The Morgan fingerprint density at radius 3 is 2.33 bits per heavy atom. The van der Waals surface area contributed by atoms with Crippen LogP contribution in [0.25, 0.3) is 17.2 Å². The van der Waals surface area contributed by atoms with Gasteiger partial charge in [-0.3, -0.25) is 14.5 Å². The molecule has 3 aromatic rings. The molecule has 4 rings (SSSR count). The van der Waals surface area contributed by atoms with Gasteiger partial charge in [0.15, 0.2) is 5.78 Å². The highest BCUT2D eigenvalue weighted by Crippen LogP contribution is 2.23. The number of carbonyl (C=O) groups is 2. The highest BCUT2D eigenvalue weighted by Gasteiger charge is 2.19. The van der Waals surface area contributed by atoms with Gasteiger partial charge in [-0.25, -0.2) is 0 Å². The third-order valence-electron chi connectivity index (χ3n) is 5.97. The molecule has 1 aliphatic rings. The number of nitrogens with zero attached hydrogens (tertiary/aromatic N) is 2. The number of allylic oxidation sites excluding steroid dienone is 1. The molecule has 1 aliphatic heterocycles. The van der Waals surface area contributed by atoms with Crippen molar-refractivity contribution in [3.8, 4) is 16.9 Å². The minimum atomic E-state index is -0.235. The fraction of sp³-hybridized carbons (Fsp3) is 0.214. The number of piperazine rings is 1. The molecule has 168 valence electrons. The van der Waals surface area contributed by atoms with Crippen molar-refractivity contribution in [3.05, 3.63) is 95.6 Å². The van der Waals surface area contributed by atoms with Gasteiger partial charge in [0.2, 0.25) is 5.91 Å². The van der Waals surface area contributed by atoms with Crippen LogP contribution in [0.2, 0.25) is 0 Å². The number of ketones is 1. The molecular weight excluding hydrogens is 412 g/mol. The van der Waals surface area contributed by atoms with Crippen molar-refractivity contribution in [1.82, 2.24) is 9.80 Å². The van der Waals surface area contributed by atoms with Gasteiger partial charge >= 0.3 is 0 Å². The molecule has 1 amide bonds. The monoisotopic (exact) mass is 440 g/mol. The van der Waals surface area contributed by atoms with E-state index < -0.39 is 0 Å². The number of carbonyl (C=O) groups excluding carboxylic acids is 2. The summed E-state index contributed by atoms with van der Waals surface area (Å²) in [5.41, 5.74) is 4.38. The number of hydrogen-bond acceptors (Lipinski definition) is 4. The van der Waals surface area contributed by atoms with Gasteiger partial charge in [0.05, 0.1) is 5.56 Å². The van der Waals surface area contributed by atoms with Crippen LogP contribution in [0.5, 0.6) is 5.75 Å². The molecule has 1 heterocycles. The van der Waals surface area contributed by atoms with E-state index in [-0.39, 0.29) is 17.4 Å². The molecule has 0 saturated carbocycles. The van der Waals surface area contributed by atoms with Gasteiger partial charge in [-0.2, -0.15) is 0 Å². The average Bonchev–Trinajstić information content (AvgIpc) is 2.85. The lowest BCUT2D eigenvalue weighted by Gasteiger charge is -2.34. The number of aromatic hydroxyl groups is 1. The van der Waals surface area contributed by atoms with Crippen LogP contribution in [-0.2, 0) is 11.3 Å². The summed E-state index contributed by atoms with van der Waals surface area (Å²) in [5.74, 6) is -0.151. The Balaban J connectivity index is 1.44. The minimum absolute atomic E-state index is 0.0205. The zero-order valence-corrected chi connectivity index (χ0v) is 18.8. The first-order valence-electron chi connectivity index (χ1n) is 11.2. The third-order valence-corrected chi connectivity index (χ3v) is 5.97. The maximum Gasteiger partial charge on any atom is 0.219 e. The fourth-order valence-electron chi connectivity index (χ4n) is 4.07. The third kappa shape index (κ3) is 5.76. The van der Waals surface area contributed by atoms with Crippen LogP contribution < -0.4 is 0 Å². The standard InChI is InChI=1S/C28H28N2O3/c1-21(31)30-16-14-29(15-17-30)20-23-11-13-28(33)26(19-23)27(32)12-10-22-6-5-9-25(18-22)24-7-3-2-4-8-24/h2-13,18-19,33H,14-17,20H2,1H3/b12-10+. The van der Waals surface area contributed by atoms with E-state index in [1.165, 1.54) is 6.08 Å². The maximum absolute atomic E-state index is 12.9. The summed E-state index contributed by atoms with van der Waals surface area (Å²) in [5, 5.41) is 10.3. The second-order valence-electron chi connectivity index (χ2n) is 8.32. The number of phenols is 1. The van der Waals surface area contributed by atoms with Crippen molar-refractivity contribution in [2.75, 3.05) is 26.2 Å². The van der Waals surface area contributed by atoms with Crippen LogP contribution in [0.4, 0.5) is 0 Å². The first-order valence-corrected chi connectivity index (χ1v) is 11.2. The van der Waals surface area contributed by atoms with E-state index in [0.29, 0.717) is 25.2 Å². The van der Waals surface area contributed by atoms with Gasteiger partial charge in [-0.1, -0.05) is 60.7 Å². The summed E-state index contributed by atoms with van der Waals surface area (Å²) in [6.45, 7) is 5.28. The van der Waals surface area contributed by atoms with Gasteiger partial charge in [-0.05, 0) is 46.5 Å². The lowest BCUT2D eigenvalue weighted by Crippen LogP contribution is -2.47. The molecule has 0 atom stereocenters. The predicted molar refractivity (Wildman–Crippen MR) is 131 cm³/mol. The van der Waals surface area contributed by atoms with E-state index in [1.807, 2.05) is 53.4 Å². The zero-order chi connectivity index (χ0) is 23.2. The van der Waals surface area contributed by atoms with Crippen molar-refractivity contribution in [2.24, 2.45) is 0 Å². The smallest absolute Gasteiger partial charge is 0.219 e. The molecule has 0 spiro atoms. The summed E-state index contributed by atoms with van der Waals surface area (Å²) < 4.78 is 0. The van der Waals surface area contributed by atoms with E-state index in [1.54, 1.807) is 25.1 Å². The molecule has 0 aromatic heterocycles. The Morgan fingerprint density at radius 1 is 0.879 bits per heavy atom. The van der Waals surface area contributed by atoms with Crippen LogP contribution in [0.1, 0.15) is 28.4 Å². The van der Waals surface area contributed by atoms with Crippen LogP contribution in [-0.4, -0.2) is 52.8 Å². The molecule has 1 fully saturated rings. The summed E-state index contributed by atoms with van der Waals surface area (Å²) in [7, 11) is 0. The molecular formula is C28H28N2O3. The Labute approximate surface area is 194 Å². The number of benzene rings is 3. The van der Waals surface area contributed by atoms with Gasteiger partial charge in [0, 0.05) is 39.6 Å². The van der Waals surface area contributed by atoms with Gasteiger partial charge in [-0.15, -0.1) is 0 Å². The normalized spacial score (nSPS) is 14.5. The van der Waals surface area contributed by atoms with Crippen LogP contribution in [0, 0.1) is 0 Å². The van der Waals surface area contributed by atoms with Crippen molar-refractivity contribution < 1.29 is 14.7 Å². The molecule has 1 saturated heterocycles. The van der Waals surface area contributed by atoms with E-state index in [0.717, 1.165) is 35.3 Å². The molecule has 5 heteroatoms. The number of phenolic OH excluding ortho intramolecular Hbond substituents is 1. The zero-order valence-electron chi connectivity index (χ0n) is 18.8. The number of hydrogen-bond donors (Lipinski definition) is 1. The van der Waals surface area contributed by atoms with Crippen LogP contribution in [0.3, 0.4) is 0 Å². The lowest BCUT2D eigenvalue weighted by molar-refractivity contribution is -0.130. The average molecular weight is 441 g/mol. The number of amides is 1. The molecule has 0 aliphatic carbocycles. The highest BCUT2D eigenvalue weighted by molar-refractivity contribution is 6.08. The van der Waals surface area contributed by atoms with Gasteiger partial charge < -0.3 is 10.0 Å². The van der Waals surface area contributed by atoms with Crippen molar-refractivity contribution >= 4 is 17.8 Å². The Morgan fingerprint density at radius 2 is 1.61 bits per heavy atom. The van der Waals surface area contributed by atoms with E-state index >= 15 is 0 Å². The molecule has 5 nitrogen and oxygen atoms in total. The highest BCUT2D eigenvalue weighted by atomic mass is 16.3. The largest absolute Gasteiger partial charge is 0.507 e. The quantitative estimate of drug-likeness (QED) is 0.449. The summed E-state index contributed by atoms with van der Waals surface area (Å²) in [6.07, 6.45) is 3.29. The van der Waals surface area contributed by atoms with E-state index in [4.69, 9.17) is 0 Å². The van der Waals surface area contributed by atoms with E-state index in [2.05, 4.69) is 17.0 Å². The summed E-state index contributed by atoms with van der Waals surface area (Å²) in [4.78, 5) is 28.5. The van der Waals surface area contributed by atoms with E-state index in [9.17, 15) is 14.7 Å². The Kier molecular flexibility index (Phi) is 7.01. The second-order valence-corrected chi connectivity index (χ2v) is 8.32. The second kappa shape index (κ2) is 10.3. The number of rotatable bonds is 6. The summed E-state index contributed by atoms with van der Waals surface area (Å²) >= 11 is 0. The molecule has 0 unspecified atom stereocenters. The predicted octanol–water partition coefficient (Wildman–Crippen LogP) is 4.62. The van der Waals surface area contributed by atoms with Crippen LogP contribution in [0.15, 0.2) is 78.9 Å². The summed E-state index contributed by atoms with van der Waals surface area (Å²) in [6, 6.07) is 23.3. The van der Waals surface area contributed by atoms with Gasteiger partial charge in [0.1, 0.15) is 5.75 Å². The lowest BCUT2D eigenvalue weighted by atomic mass is 10.0. The minimum Gasteiger partial charge on any atom is -0.507 e. The Hall–Kier alpha value is -3.70. The molecule has 33 heavy (non-hydrogen) atoms. The van der Waals surface area contributed by atoms with Crippen molar-refractivity contribution in [2.45, 2.75) is 13.5 Å². The topological polar surface area (TPSA) is 60.9 Å². The molecule has 0 radical (unpaired) electrons. The Bertz CT molecular complexity index is 1160. The van der Waals surface area contributed by atoms with Crippen molar-refractivity contribution in [3.63, 3.8) is 0 Å². The van der Waals surface area contributed by atoms with Gasteiger partial charge in [0.25, 0.3) is 0 Å². The first-order chi connectivity index (χ1) is 16.0. The molecule has 1 N–H and O–H groups in total. The molecule has 0 bridgehead atoms. The molecule has 3 aromatic carbocycles. The maximum atomic E-state index is 12.9.